The van der Waals surface area contributed by atoms with Gasteiger partial charge in [0.25, 0.3) is 21.8 Å². The van der Waals surface area contributed by atoms with Crippen molar-refractivity contribution in [1.82, 2.24) is 5.16 Å². The fourth-order valence-corrected chi connectivity index (χ4v) is 5.73. The Morgan fingerprint density at radius 1 is 1.19 bits per heavy atom. The second-order valence-electron chi connectivity index (χ2n) is 6.96. The van der Waals surface area contributed by atoms with Crippen molar-refractivity contribution in [2.24, 2.45) is 0 Å². The number of rotatable bonds is 6. The van der Waals surface area contributed by atoms with Gasteiger partial charge in [-0.2, -0.15) is 0 Å². The molecule has 3 aromatic rings. The van der Waals surface area contributed by atoms with E-state index in [-0.39, 0.29) is 20.7 Å². The van der Waals surface area contributed by atoms with Gasteiger partial charge in [-0.1, -0.05) is 22.8 Å². The molecule has 9 nitrogen and oxygen atoms in total. The Bertz CT molecular complexity index is 1330. The minimum absolute atomic E-state index is 0.0241. The summed E-state index contributed by atoms with van der Waals surface area (Å²) in [6.07, 6.45) is 0. The van der Waals surface area contributed by atoms with Crippen LogP contribution in [0.5, 0.6) is 0 Å². The van der Waals surface area contributed by atoms with Crippen LogP contribution in [0, 0.1) is 27.7 Å². The summed E-state index contributed by atoms with van der Waals surface area (Å²) < 4.78 is 37.7. The summed E-state index contributed by atoms with van der Waals surface area (Å²) >= 11 is 6.94. The van der Waals surface area contributed by atoms with Crippen molar-refractivity contribution in [3.63, 3.8) is 0 Å². The van der Waals surface area contributed by atoms with Gasteiger partial charge in [-0.3, -0.25) is 4.79 Å². The van der Waals surface area contributed by atoms with E-state index in [1.54, 1.807) is 33.8 Å². The molecule has 0 bridgehead atoms. The lowest BCUT2D eigenvalue weighted by Gasteiger charge is -2.17. The highest BCUT2D eigenvalue weighted by Crippen LogP contribution is 2.32. The number of amides is 1. The van der Waals surface area contributed by atoms with E-state index in [1.165, 1.54) is 18.6 Å². The molecule has 0 atom stereocenters. The van der Waals surface area contributed by atoms with Crippen molar-refractivity contribution in [2.45, 2.75) is 32.6 Å². The average Bonchev–Trinajstić information content (AvgIpc) is 3.34. The number of thiophene rings is 1. The van der Waals surface area contributed by atoms with E-state index >= 15 is 0 Å². The number of anilines is 2. The summed E-state index contributed by atoms with van der Waals surface area (Å²) in [6, 6.07) is 3.05. The Balaban J connectivity index is 1.96. The first kappa shape index (κ1) is 23.8. The molecule has 0 aliphatic rings. The topological polar surface area (TPSA) is 128 Å². The van der Waals surface area contributed by atoms with Crippen LogP contribution in [0.25, 0.3) is 0 Å². The smallest absolute Gasteiger partial charge is 0.338 e. The first-order chi connectivity index (χ1) is 15.0. The minimum Gasteiger partial charge on any atom is -0.465 e. The van der Waals surface area contributed by atoms with Gasteiger partial charge in [0.05, 0.1) is 12.7 Å². The number of aryl methyl sites for hydroxylation is 3. The molecule has 12 heteroatoms. The number of esters is 1. The third-order valence-corrected chi connectivity index (χ3v) is 7.60. The molecule has 0 spiro atoms. The van der Waals surface area contributed by atoms with Crippen molar-refractivity contribution in [3.05, 3.63) is 55.4 Å². The maximum Gasteiger partial charge on any atom is 0.338 e. The molecule has 2 N–H and O–H groups in total. The van der Waals surface area contributed by atoms with Crippen molar-refractivity contribution in [3.8, 4) is 0 Å². The van der Waals surface area contributed by atoms with Gasteiger partial charge in [0.1, 0.15) is 20.5 Å². The molecule has 170 valence electrons. The van der Waals surface area contributed by atoms with E-state index in [1.807, 2.05) is 0 Å². The molecular weight excluding hydrogens is 478 g/mol. The van der Waals surface area contributed by atoms with Crippen LogP contribution in [0.2, 0.25) is 5.02 Å². The van der Waals surface area contributed by atoms with Gasteiger partial charge in [-0.25, -0.2) is 17.9 Å². The van der Waals surface area contributed by atoms with Gasteiger partial charge < -0.3 is 14.6 Å². The van der Waals surface area contributed by atoms with Crippen LogP contribution in [0.4, 0.5) is 11.6 Å². The number of nitrogens with one attached hydrogen (secondary N) is 2. The van der Waals surface area contributed by atoms with Crippen LogP contribution in [-0.4, -0.2) is 32.6 Å². The fraction of sp³-hybridized carbons (Fsp3) is 0.250. The van der Waals surface area contributed by atoms with E-state index in [0.717, 1.165) is 11.3 Å². The molecule has 3 rings (SSSR count). The second-order valence-corrected chi connectivity index (χ2v) is 9.91. The number of sulfonamides is 1. The molecule has 0 aliphatic heterocycles. The number of aromatic nitrogens is 1. The SMILES string of the molecule is COC(=O)c1c(C)cc(C)c(NC(=O)c2sccc2S(=O)(=O)Nc2onc(C)c2Cl)c1C. The lowest BCUT2D eigenvalue weighted by atomic mass is 9.97. The summed E-state index contributed by atoms with van der Waals surface area (Å²) in [5.74, 6) is -1.42. The van der Waals surface area contributed by atoms with Crippen LogP contribution < -0.4 is 10.0 Å². The number of carbonyl (C=O) groups excluding carboxylic acids is 2. The van der Waals surface area contributed by atoms with Crippen LogP contribution >= 0.6 is 22.9 Å². The summed E-state index contributed by atoms with van der Waals surface area (Å²) in [7, 11) is -2.92. The number of carbonyl (C=O) groups is 2. The van der Waals surface area contributed by atoms with Crippen molar-refractivity contribution in [2.75, 3.05) is 17.1 Å². The van der Waals surface area contributed by atoms with Crippen LogP contribution in [0.15, 0.2) is 26.9 Å². The van der Waals surface area contributed by atoms with E-state index in [9.17, 15) is 18.0 Å². The van der Waals surface area contributed by atoms with Crippen LogP contribution in [0.1, 0.15) is 42.4 Å². The Kier molecular flexibility index (Phi) is 6.63. The van der Waals surface area contributed by atoms with Crippen LogP contribution in [-0.2, 0) is 14.8 Å². The number of hydrogen-bond donors (Lipinski definition) is 2. The molecule has 0 unspecified atom stereocenters. The van der Waals surface area contributed by atoms with Gasteiger partial charge in [-0.05, 0) is 55.8 Å². The van der Waals surface area contributed by atoms with E-state index in [4.69, 9.17) is 20.9 Å². The zero-order chi connectivity index (χ0) is 23.8. The molecule has 0 aliphatic carbocycles. The predicted octanol–water partition coefficient (Wildman–Crippen LogP) is 4.46. The molecule has 1 amide bonds. The summed E-state index contributed by atoms with van der Waals surface area (Å²) in [4.78, 5) is 24.9. The van der Waals surface area contributed by atoms with E-state index < -0.39 is 21.9 Å². The molecular formula is C20H20ClN3O6S2. The van der Waals surface area contributed by atoms with E-state index in [2.05, 4.69) is 15.2 Å². The largest absolute Gasteiger partial charge is 0.465 e. The third-order valence-electron chi connectivity index (χ3n) is 4.74. The molecule has 0 saturated heterocycles. The van der Waals surface area contributed by atoms with Gasteiger partial charge in [0.15, 0.2) is 0 Å². The number of hydrogen-bond acceptors (Lipinski definition) is 8. The van der Waals surface area contributed by atoms with Gasteiger partial charge in [0, 0.05) is 5.69 Å². The van der Waals surface area contributed by atoms with Crippen molar-refractivity contribution < 1.29 is 27.3 Å². The lowest BCUT2D eigenvalue weighted by Crippen LogP contribution is -2.20. The van der Waals surface area contributed by atoms with Gasteiger partial charge >= 0.3 is 5.97 Å². The highest BCUT2D eigenvalue weighted by atomic mass is 35.5. The summed E-state index contributed by atoms with van der Waals surface area (Å²) in [5, 5.41) is 7.83. The van der Waals surface area contributed by atoms with Crippen LogP contribution in [0.3, 0.4) is 0 Å². The molecule has 0 fully saturated rings. The maximum absolute atomic E-state index is 13.0. The number of methoxy groups -OCH3 is 1. The molecule has 2 heterocycles. The van der Waals surface area contributed by atoms with Crippen molar-refractivity contribution in [1.29, 1.82) is 0 Å². The first-order valence-electron chi connectivity index (χ1n) is 9.20. The molecule has 1 aromatic carbocycles. The lowest BCUT2D eigenvalue weighted by molar-refractivity contribution is 0.0599. The van der Waals surface area contributed by atoms with E-state index in [0.29, 0.717) is 33.6 Å². The molecule has 0 saturated carbocycles. The first-order valence-corrected chi connectivity index (χ1v) is 11.9. The van der Waals surface area contributed by atoms with Gasteiger partial charge in [0.2, 0.25) is 0 Å². The molecule has 2 aromatic heterocycles. The standard InChI is InChI=1S/C20H20ClN3O6S2/c1-9-8-10(2)16(11(3)14(9)20(26)29-5)22-18(25)17-13(6-7-31-17)32(27,28)24-19-15(21)12(4)23-30-19/h6-8,24H,1-5H3,(H,22,25). The molecule has 32 heavy (non-hydrogen) atoms. The molecule has 0 radical (unpaired) electrons. The average molecular weight is 498 g/mol. The number of benzene rings is 1. The number of ether oxygens (including phenoxy) is 1. The maximum atomic E-state index is 13.0. The zero-order valence-electron chi connectivity index (χ0n) is 17.8. The minimum atomic E-state index is -4.19. The normalized spacial score (nSPS) is 11.3. The zero-order valence-corrected chi connectivity index (χ0v) is 20.2. The van der Waals surface area contributed by atoms with Gasteiger partial charge in [-0.15, -0.1) is 11.3 Å². The summed E-state index contributed by atoms with van der Waals surface area (Å²) in [6.45, 7) is 6.79. The summed E-state index contributed by atoms with van der Waals surface area (Å²) in [5.41, 5.74) is 2.99. The Labute approximate surface area is 193 Å². The third kappa shape index (κ3) is 4.36. The predicted molar refractivity (Wildman–Crippen MR) is 121 cm³/mol. The highest BCUT2D eigenvalue weighted by Gasteiger charge is 2.28. The Morgan fingerprint density at radius 3 is 2.47 bits per heavy atom. The Morgan fingerprint density at radius 2 is 1.88 bits per heavy atom. The van der Waals surface area contributed by atoms with Crippen molar-refractivity contribution >= 4 is 56.4 Å². The quantitative estimate of drug-likeness (QED) is 0.481. The number of halogens is 1. The fourth-order valence-electron chi connectivity index (χ4n) is 3.24. The number of nitrogens with zero attached hydrogens (tertiary/aromatic N) is 1. The second kappa shape index (κ2) is 8.93. The highest BCUT2D eigenvalue weighted by molar-refractivity contribution is 7.93. The monoisotopic (exact) mass is 497 g/mol. The Hall–Kier alpha value is -2.89.